The van der Waals surface area contributed by atoms with E-state index in [-0.39, 0.29) is 12.5 Å². The minimum absolute atomic E-state index is 0.269. The molecule has 9 heteroatoms. The smallest absolute Gasteiger partial charge is 0.408 e. The number of carbonyl (C=O) groups excluding carboxylic acids is 4. The SMILES string of the molecule is CCC(C)N(C(=O)C(CC(N)=O)NC(=O)OC(C)(C)C)C(C(=O)NCc1ccccc1)c1ccccc1C. The Morgan fingerprint density at radius 1 is 1.00 bits per heavy atom. The van der Waals surface area contributed by atoms with Crippen molar-refractivity contribution < 1.29 is 23.9 Å². The number of alkyl carbamates (subject to hydrolysis) is 1. The van der Waals surface area contributed by atoms with Crippen LogP contribution in [0.5, 0.6) is 0 Å². The van der Waals surface area contributed by atoms with Gasteiger partial charge < -0.3 is 26.0 Å². The van der Waals surface area contributed by atoms with Crippen LogP contribution in [0.1, 0.15) is 70.2 Å². The maximum absolute atomic E-state index is 14.1. The molecule has 4 N–H and O–H groups in total. The van der Waals surface area contributed by atoms with Crippen molar-refractivity contribution in [3.63, 3.8) is 0 Å². The molecule has 4 amide bonds. The molecule has 9 nitrogen and oxygen atoms in total. The van der Waals surface area contributed by atoms with E-state index in [9.17, 15) is 19.2 Å². The third-order valence-electron chi connectivity index (χ3n) is 6.03. The second-order valence-corrected chi connectivity index (χ2v) is 10.3. The zero-order chi connectivity index (χ0) is 28.5. The van der Waals surface area contributed by atoms with E-state index in [4.69, 9.17) is 10.5 Å². The molecule has 0 aliphatic rings. The quantitative estimate of drug-likeness (QED) is 0.412. The van der Waals surface area contributed by atoms with Gasteiger partial charge in [0.15, 0.2) is 0 Å². The standard InChI is InChI=1S/C29H40N4O5/c1-7-20(3)33(27(36)23(17-24(30)34)32-28(37)38-29(4,5)6)25(22-16-12-11-13-19(22)2)26(35)31-18-21-14-9-8-10-15-21/h8-16,20,23,25H,7,17-18H2,1-6H3,(H2,30,34)(H,31,35)(H,32,37). The first-order valence-electron chi connectivity index (χ1n) is 12.8. The Hall–Kier alpha value is -3.88. The number of nitrogens with two attached hydrogens (primary N) is 1. The number of primary amides is 1. The molecule has 0 aliphatic carbocycles. The molecule has 2 aromatic carbocycles. The number of ether oxygens (including phenoxy) is 1. The Morgan fingerprint density at radius 3 is 2.16 bits per heavy atom. The van der Waals surface area contributed by atoms with Crippen molar-refractivity contribution in [3.8, 4) is 0 Å². The summed E-state index contributed by atoms with van der Waals surface area (Å²) in [6.45, 7) is 10.9. The van der Waals surface area contributed by atoms with Gasteiger partial charge >= 0.3 is 6.09 Å². The van der Waals surface area contributed by atoms with Gasteiger partial charge in [0, 0.05) is 12.6 Å². The van der Waals surface area contributed by atoms with Crippen molar-refractivity contribution in [1.82, 2.24) is 15.5 Å². The van der Waals surface area contributed by atoms with Crippen molar-refractivity contribution in [2.45, 2.75) is 84.7 Å². The molecule has 0 aromatic heterocycles. The highest BCUT2D eigenvalue weighted by molar-refractivity contribution is 5.94. The molecule has 0 spiro atoms. The third-order valence-corrected chi connectivity index (χ3v) is 6.03. The predicted molar refractivity (Wildman–Crippen MR) is 146 cm³/mol. The molecule has 0 saturated carbocycles. The van der Waals surface area contributed by atoms with Crippen LogP contribution < -0.4 is 16.4 Å². The van der Waals surface area contributed by atoms with Gasteiger partial charge in [-0.3, -0.25) is 14.4 Å². The van der Waals surface area contributed by atoms with Crippen LogP contribution in [0.15, 0.2) is 54.6 Å². The number of rotatable bonds is 11. The van der Waals surface area contributed by atoms with Gasteiger partial charge in [0.1, 0.15) is 17.7 Å². The topological polar surface area (TPSA) is 131 Å². The van der Waals surface area contributed by atoms with Gasteiger partial charge in [-0.25, -0.2) is 4.79 Å². The Labute approximate surface area is 225 Å². The second-order valence-electron chi connectivity index (χ2n) is 10.3. The highest BCUT2D eigenvalue weighted by Gasteiger charge is 2.39. The molecular formula is C29H40N4O5. The summed E-state index contributed by atoms with van der Waals surface area (Å²) >= 11 is 0. The summed E-state index contributed by atoms with van der Waals surface area (Å²) in [5.74, 6) is -1.76. The van der Waals surface area contributed by atoms with Crippen molar-refractivity contribution in [1.29, 1.82) is 0 Å². The van der Waals surface area contributed by atoms with Crippen LogP contribution in [-0.4, -0.2) is 46.4 Å². The van der Waals surface area contributed by atoms with E-state index in [1.54, 1.807) is 32.9 Å². The van der Waals surface area contributed by atoms with Crippen molar-refractivity contribution in [2.24, 2.45) is 5.73 Å². The van der Waals surface area contributed by atoms with Gasteiger partial charge in [-0.15, -0.1) is 0 Å². The Morgan fingerprint density at radius 2 is 1.61 bits per heavy atom. The summed E-state index contributed by atoms with van der Waals surface area (Å²) in [5.41, 5.74) is 6.99. The molecule has 206 valence electrons. The van der Waals surface area contributed by atoms with Crippen LogP contribution in [0, 0.1) is 6.92 Å². The van der Waals surface area contributed by atoms with Gasteiger partial charge in [0.2, 0.25) is 17.7 Å². The van der Waals surface area contributed by atoms with E-state index in [2.05, 4.69) is 10.6 Å². The zero-order valence-electron chi connectivity index (χ0n) is 23.1. The summed E-state index contributed by atoms with van der Waals surface area (Å²) in [6.07, 6.45) is -0.783. The van der Waals surface area contributed by atoms with Gasteiger partial charge in [-0.1, -0.05) is 61.5 Å². The first-order chi connectivity index (χ1) is 17.8. The molecule has 0 bridgehead atoms. The molecule has 0 fully saturated rings. The number of benzene rings is 2. The maximum atomic E-state index is 14.1. The molecule has 2 rings (SSSR count). The van der Waals surface area contributed by atoms with Crippen LogP contribution in [0.25, 0.3) is 0 Å². The first kappa shape index (κ1) is 30.3. The van der Waals surface area contributed by atoms with E-state index in [0.29, 0.717) is 12.0 Å². The van der Waals surface area contributed by atoms with Crippen molar-refractivity contribution in [3.05, 3.63) is 71.3 Å². The fraction of sp³-hybridized carbons (Fsp3) is 0.448. The lowest BCUT2D eigenvalue weighted by molar-refractivity contribution is -0.146. The summed E-state index contributed by atoms with van der Waals surface area (Å²) in [5, 5.41) is 5.45. The monoisotopic (exact) mass is 524 g/mol. The van der Waals surface area contributed by atoms with E-state index in [0.717, 1.165) is 11.1 Å². The summed E-state index contributed by atoms with van der Waals surface area (Å²) in [6, 6.07) is 14.0. The summed E-state index contributed by atoms with van der Waals surface area (Å²) in [7, 11) is 0. The summed E-state index contributed by atoms with van der Waals surface area (Å²) in [4.78, 5) is 53.8. The molecular weight excluding hydrogens is 484 g/mol. The molecule has 0 radical (unpaired) electrons. The van der Waals surface area contributed by atoms with Crippen LogP contribution >= 0.6 is 0 Å². The highest BCUT2D eigenvalue weighted by Crippen LogP contribution is 2.29. The van der Waals surface area contributed by atoms with E-state index >= 15 is 0 Å². The molecule has 0 saturated heterocycles. The van der Waals surface area contributed by atoms with Crippen LogP contribution in [0.3, 0.4) is 0 Å². The van der Waals surface area contributed by atoms with Crippen LogP contribution in [0.2, 0.25) is 0 Å². The van der Waals surface area contributed by atoms with Gasteiger partial charge in [0.25, 0.3) is 0 Å². The Bertz CT molecular complexity index is 1110. The number of nitrogens with one attached hydrogen (secondary N) is 2. The zero-order valence-corrected chi connectivity index (χ0v) is 23.1. The number of carbonyl (C=O) groups is 4. The normalized spacial score (nSPS) is 13.5. The van der Waals surface area contributed by atoms with Crippen molar-refractivity contribution in [2.75, 3.05) is 0 Å². The highest BCUT2D eigenvalue weighted by atomic mass is 16.6. The van der Waals surface area contributed by atoms with E-state index < -0.39 is 48.1 Å². The average molecular weight is 525 g/mol. The number of aryl methyl sites for hydroxylation is 1. The number of hydrogen-bond acceptors (Lipinski definition) is 5. The number of hydrogen-bond donors (Lipinski definition) is 3. The fourth-order valence-electron chi connectivity index (χ4n) is 4.02. The van der Waals surface area contributed by atoms with E-state index in [1.165, 1.54) is 4.90 Å². The van der Waals surface area contributed by atoms with Crippen molar-refractivity contribution >= 4 is 23.8 Å². The minimum atomic E-state index is -1.32. The molecule has 3 unspecified atom stereocenters. The Kier molecular flexibility index (Phi) is 10.9. The van der Waals surface area contributed by atoms with Crippen LogP contribution in [0.4, 0.5) is 4.79 Å². The van der Waals surface area contributed by atoms with Gasteiger partial charge in [-0.2, -0.15) is 0 Å². The maximum Gasteiger partial charge on any atom is 0.408 e. The molecule has 0 heterocycles. The summed E-state index contributed by atoms with van der Waals surface area (Å²) < 4.78 is 5.31. The molecule has 3 atom stereocenters. The minimum Gasteiger partial charge on any atom is -0.444 e. The predicted octanol–water partition coefficient (Wildman–Crippen LogP) is 3.75. The lowest BCUT2D eigenvalue weighted by atomic mass is 9.95. The van der Waals surface area contributed by atoms with Gasteiger partial charge in [0.05, 0.1) is 6.42 Å². The average Bonchev–Trinajstić information content (AvgIpc) is 2.84. The number of amides is 4. The third kappa shape index (κ3) is 8.90. The van der Waals surface area contributed by atoms with E-state index in [1.807, 2.05) is 63.2 Å². The van der Waals surface area contributed by atoms with Crippen LogP contribution in [-0.2, 0) is 25.7 Å². The first-order valence-corrected chi connectivity index (χ1v) is 12.8. The fourth-order valence-corrected chi connectivity index (χ4v) is 4.02. The second kappa shape index (κ2) is 13.6. The molecule has 38 heavy (non-hydrogen) atoms. The molecule has 2 aromatic rings. The van der Waals surface area contributed by atoms with Gasteiger partial charge in [-0.05, 0) is 57.7 Å². The lowest BCUT2D eigenvalue weighted by Crippen LogP contribution is -2.56. The Balaban J connectivity index is 2.51. The largest absolute Gasteiger partial charge is 0.444 e. The molecule has 0 aliphatic heterocycles. The lowest BCUT2D eigenvalue weighted by Gasteiger charge is -2.38. The number of nitrogens with zero attached hydrogens (tertiary/aromatic N) is 1.